The highest BCUT2D eigenvalue weighted by Gasteiger charge is 2.32. The van der Waals surface area contributed by atoms with E-state index < -0.39 is 0 Å². The first-order valence-corrected chi connectivity index (χ1v) is 6.61. The Bertz CT molecular complexity index is 427. The Balaban J connectivity index is 1.99. The lowest BCUT2D eigenvalue weighted by atomic mass is 9.70. The van der Waals surface area contributed by atoms with Gasteiger partial charge in [-0.3, -0.25) is 9.78 Å². The van der Waals surface area contributed by atoms with Gasteiger partial charge in [-0.25, -0.2) is 0 Å². The predicted octanol–water partition coefficient (Wildman–Crippen LogP) is 2.43. The van der Waals surface area contributed by atoms with E-state index in [1.54, 1.807) is 12.4 Å². The molecule has 1 aliphatic carbocycles. The molecule has 0 aromatic carbocycles. The number of amides is 1. The van der Waals surface area contributed by atoms with Crippen LogP contribution < -0.4 is 10.6 Å². The van der Waals surface area contributed by atoms with E-state index in [1.165, 1.54) is 19.3 Å². The van der Waals surface area contributed by atoms with Crippen molar-refractivity contribution in [1.82, 2.24) is 10.3 Å². The van der Waals surface area contributed by atoms with Gasteiger partial charge in [0, 0.05) is 25.5 Å². The van der Waals surface area contributed by atoms with Crippen molar-refractivity contribution in [2.24, 2.45) is 5.41 Å². The maximum absolute atomic E-state index is 12.1. The molecule has 18 heavy (non-hydrogen) atoms. The minimum Gasteiger partial charge on any atom is -0.385 e. The third kappa shape index (κ3) is 2.81. The van der Waals surface area contributed by atoms with Crippen LogP contribution in [0.4, 0.5) is 5.69 Å². The summed E-state index contributed by atoms with van der Waals surface area (Å²) < 4.78 is 0. The van der Waals surface area contributed by atoms with Gasteiger partial charge in [-0.15, -0.1) is 0 Å². The van der Waals surface area contributed by atoms with E-state index in [0.717, 1.165) is 18.8 Å². The largest absolute Gasteiger partial charge is 0.385 e. The number of hydrogen-bond acceptors (Lipinski definition) is 3. The highest BCUT2D eigenvalue weighted by molar-refractivity contribution is 5.99. The van der Waals surface area contributed by atoms with Crippen molar-refractivity contribution in [2.75, 3.05) is 18.4 Å². The van der Waals surface area contributed by atoms with Gasteiger partial charge in [-0.05, 0) is 31.2 Å². The van der Waals surface area contributed by atoms with Crippen LogP contribution in [0.25, 0.3) is 0 Å². The predicted molar refractivity (Wildman–Crippen MR) is 72.7 cm³/mol. The molecule has 1 fully saturated rings. The fourth-order valence-electron chi connectivity index (χ4n) is 2.27. The number of rotatable bonds is 5. The van der Waals surface area contributed by atoms with E-state index in [9.17, 15) is 4.79 Å². The molecule has 1 amide bonds. The summed E-state index contributed by atoms with van der Waals surface area (Å²) in [5.41, 5.74) is 1.78. The van der Waals surface area contributed by atoms with E-state index in [1.807, 2.05) is 13.0 Å². The van der Waals surface area contributed by atoms with Crippen LogP contribution in [0, 0.1) is 5.41 Å². The zero-order valence-electron chi connectivity index (χ0n) is 11.1. The topological polar surface area (TPSA) is 54.0 Å². The lowest BCUT2D eigenvalue weighted by Crippen LogP contribution is -2.40. The molecule has 2 rings (SSSR count). The molecular weight excluding hydrogens is 226 g/mol. The summed E-state index contributed by atoms with van der Waals surface area (Å²) in [6.07, 6.45) is 7.02. The Labute approximate surface area is 108 Å². The average Bonchev–Trinajstić information content (AvgIpc) is 2.35. The van der Waals surface area contributed by atoms with E-state index in [2.05, 4.69) is 22.5 Å². The molecule has 0 saturated heterocycles. The minimum atomic E-state index is -0.0350. The highest BCUT2D eigenvalue weighted by atomic mass is 16.1. The molecule has 4 heteroatoms. The summed E-state index contributed by atoms with van der Waals surface area (Å²) in [7, 11) is 0. The maximum Gasteiger partial charge on any atom is 0.254 e. The van der Waals surface area contributed by atoms with Crippen LogP contribution in [0.5, 0.6) is 0 Å². The van der Waals surface area contributed by atoms with E-state index in [4.69, 9.17) is 0 Å². The van der Waals surface area contributed by atoms with Gasteiger partial charge in [-0.2, -0.15) is 0 Å². The number of carbonyl (C=O) groups is 1. The zero-order chi connectivity index (χ0) is 13.0. The number of anilines is 1. The van der Waals surface area contributed by atoms with Crippen molar-refractivity contribution < 1.29 is 4.79 Å². The summed E-state index contributed by atoms with van der Waals surface area (Å²) in [6, 6.07) is 1.84. The van der Waals surface area contributed by atoms with Gasteiger partial charge in [0.05, 0.1) is 11.3 Å². The zero-order valence-corrected chi connectivity index (χ0v) is 11.1. The first-order valence-electron chi connectivity index (χ1n) is 6.61. The number of hydrogen-bond donors (Lipinski definition) is 2. The molecule has 0 bridgehead atoms. The van der Waals surface area contributed by atoms with Gasteiger partial charge in [0.25, 0.3) is 5.91 Å². The molecule has 0 aliphatic heterocycles. The van der Waals surface area contributed by atoms with Crippen molar-refractivity contribution in [3.8, 4) is 0 Å². The Morgan fingerprint density at radius 3 is 2.89 bits per heavy atom. The maximum atomic E-state index is 12.1. The molecular formula is C14H21N3O. The van der Waals surface area contributed by atoms with Gasteiger partial charge in [0.2, 0.25) is 0 Å². The van der Waals surface area contributed by atoms with Crippen LogP contribution in [0.3, 0.4) is 0 Å². The van der Waals surface area contributed by atoms with Crippen LogP contribution in [0.15, 0.2) is 18.5 Å². The molecule has 0 spiro atoms. The van der Waals surface area contributed by atoms with Crippen LogP contribution in [0.1, 0.15) is 43.5 Å². The normalized spacial score (nSPS) is 16.8. The summed E-state index contributed by atoms with van der Waals surface area (Å²) >= 11 is 0. The fraction of sp³-hybridized carbons (Fsp3) is 0.571. The second-order valence-electron chi connectivity index (χ2n) is 5.30. The Morgan fingerprint density at radius 1 is 1.50 bits per heavy atom. The number of nitrogens with one attached hydrogen (secondary N) is 2. The molecule has 1 aromatic rings. The highest BCUT2D eigenvalue weighted by Crippen LogP contribution is 2.39. The fourth-order valence-corrected chi connectivity index (χ4v) is 2.27. The van der Waals surface area contributed by atoms with Crippen LogP contribution in [-0.4, -0.2) is 24.0 Å². The molecule has 0 unspecified atom stereocenters. The lowest BCUT2D eigenvalue weighted by Gasteiger charge is -2.38. The van der Waals surface area contributed by atoms with E-state index in [-0.39, 0.29) is 5.91 Å². The number of pyridine rings is 1. The summed E-state index contributed by atoms with van der Waals surface area (Å²) in [5, 5.41) is 6.20. The first-order chi connectivity index (χ1) is 8.64. The number of aromatic nitrogens is 1. The van der Waals surface area contributed by atoms with Gasteiger partial charge in [-0.1, -0.05) is 13.3 Å². The monoisotopic (exact) mass is 247 g/mol. The number of carbonyl (C=O) groups excluding carboxylic acids is 1. The molecule has 1 saturated carbocycles. The average molecular weight is 247 g/mol. The second-order valence-corrected chi connectivity index (χ2v) is 5.30. The lowest BCUT2D eigenvalue weighted by molar-refractivity contribution is 0.0891. The Morgan fingerprint density at radius 2 is 2.28 bits per heavy atom. The van der Waals surface area contributed by atoms with Crippen LogP contribution in [-0.2, 0) is 0 Å². The molecule has 98 valence electrons. The first kappa shape index (κ1) is 12.9. The minimum absolute atomic E-state index is 0.0350. The van der Waals surface area contributed by atoms with E-state index >= 15 is 0 Å². The Kier molecular flexibility index (Phi) is 3.84. The van der Waals surface area contributed by atoms with Gasteiger partial charge >= 0.3 is 0 Å². The second kappa shape index (κ2) is 5.38. The smallest absolute Gasteiger partial charge is 0.254 e. The van der Waals surface area contributed by atoms with E-state index in [0.29, 0.717) is 11.0 Å². The van der Waals surface area contributed by atoms with Gasteiger partial charge in [0.15, 0.2) is 0 Å². The summed E-state index contributed by atoms with van der Waals surface area (Å²) in [4.78, 5) is 16.2. The van der Waals surface area contributed by atoms with Crippen molar-refractivity contribution in [3.05, 3.63) is 24.0 Å². The quantitative estimate of drug-likeness (QED) is 0.840. The van der Waals surface area contributed by atoms with Crippen molar-refractivity contribution in [2.45, 2.75) is 33.1 Å². The van der Waals surface area contributed by atoms with Crippen LogP contribution >= 0.6 is 0 Å². The third-order valence-electron chi connectivity index (χ3n) is 3.67. The molecule has 1 aromatic heterocycles. The molecule has 0 atom stereocenters. The molecule has 1 aliphatic rings. The summed E-state index contributed by atoms with van der Waals surface area (Å²) in [6.45, 7) is 5.79. The SMILES string of the molecule is CCNc1ccncc1C(=O)NCC1(C)CCC1. The molecule has 4 nitrogen and oxygen atoms in total. The molecule has 0 radical (unpaired) electrons. The van der Waals surface area contributed by atoms with Crippen molar-refractivity contribution >= 4 is 11.6 Å². The van der Waals surface area contributed by atoms with Gasteiger partial charge < -0.3 is 10.6 Å². The molecule has 2 N–H and O–H groups in total. The standard InChI is InChI=1S/C14H21N3O/c1-3-16-12-5-8-15-9-11(12)13(18)17-10-14(2)6-4-7-14/h5,8-9H,3-4,6-7,10H2,1-2H3,(H,15,16)(H,17,18). The Hall–Kier alpha value is -1.58. The van der Waals surface area contributed by atoms with Crippen molar-refractivity contribution in [3.63, 3.8) is 0 Å². The summed E-state index contributed by atoms with van der Waals surface area (Å²) in [5.74, 6) is -0.0350. The molecule has 1 heterocycles. The van der Waals surface area contributed by atoms with Gasteiger partial charge in [0.1, 0.15) is 0 Å². The number of nitrogens with zero attached hydrogens (tertiary/aromatic N) is 1. The van der Waals surface area contributed by atoms with Crippen LogP contribution in [0.2, 0.25) is 0 Å². The third-order valence-corrected chi connectivity index (χ3v) is 3.67. The van der Waals surface area contributed by atoms with Crippen molar-refractivity contribution in [1.29, 1.82) is 0 Å².